The monoisotopic (exact) mass is 360 g/mol. The van der Waals surface area contributed by atoms with E-state index < -0.39 is 0 Å². The smallest absolute Gasteiger partial charge is 0.244 e. The molecular weight excluding hydrogens is 340 g/mol. The van der Waals surface area contributed by atoms with Crippen molar-refractivity contribution in [2.45, 2.75) is 13.5 Å². The Bertz CT molecular complexity index is 707. The van der Waals surface area contributed by atoms with Gasteiger partial charge >= 0.3 is 0 Å². The van der Waals surface area contributed by atoms with Gasteiger partial charge in [0.15, 0.2) is 0 Å². The predicted octanol–water partition coefficient (Wildman–Crippen LogP) is 2.30. The van der Waals surface area contributed by atoms with E-state index >= 15 is 0 Å². The average molecular weight is 361 g/mol. The first-order valence-corrected chi connectivity index (χ1v) is 8.30. The van der Waals surface area contributed by atoms with Crippen LogP contribution < -0.4 is 11.1 Å². The van der Waals surface area contributed by atoms with Crippen LogP contribution in [-0.4, -0.2) is 34.8 Å². The van der Waals surface area contributed by atoms with Crippen molar-refractivity contribution in [3.63, 3.8) is 0 Å². The summed E-state index contributed by atoms with van der Waals surface area (Å²) in [5.41, 5.74) is 7.07. The molecule has 2 amide bonds. The summed E-state index contributed by atoms with van der Waals surface area (Å²) in [5.74, 6) is -0.818. The molecule has 1 atom stereocenters. The third kappa shape index (κ3) is 5.85. The second kappa shape index (κ2) is 9.15. The lowest BCUT2D eigenvalue weighted by atomic mass is 10.1. The summed E-state index contributed by atoms with van der Waals surface area (Å²) in [7, 11) is 0. The van der Waals surface area contributed by atoms with Gasteiger partial charge in [-0.25, -0.2) is 0 Å². The first-order valence-electron chi connectivity index (χ1n) is 7.92. The molecule has 2 rings (SSSR count). The highest BCUT2D eigenvalue weighted by atomic mass is 35.5. The van der Waals surface area contributed by atoms with Crippen LogP contribution >= 0.6 is 11.6 Å². The van der Waals surface area contributed by atoms with Crippen LogP contribution in [0.2, 0.25) is 5.02 Å². The fraction of sp³-hybridized carbons (Fsp3) is 0.278. The molecule has 3 N–H and O–H groups in total. The Balaban J connectivity index is 2.07. The number of hydrogen-bond donors (Lipinski definition) is 2. The molecule has 0 fully saturated rings. The fourth-order valence-electron chi connectivity index (χ4n) is 2.24. The lowest BCUT2D eigenvalue weighted by molar-refractivity contribution is -0.138. The molecular formula is C18H21ClN4O2. The van der Waals surface area contributed by atoms with Gasteiger partial charge in [0, 0.05) is 42.1 Å². The second-order valence-corrected chi connectivity index (χ2v) is 6.18. The molecule has 0 bridgehead atoms. The van der Waals surface area contributed by atoms with Crippen LogP contribution in [0.4, 0.5) is 5.69 Å². The number of nitrogens with one attached hydrogen (secondary N) is 1. The van der Waals surface area contributed by atoms with Gasteiger partial charge in [0.05, 0.1) is 0 Å². The summed E-state index contributed by atoms with van der Waals surface area (Å²) in [5, 5.41) is 3.35. The van der Waals surface area contributed by atoms with E-state index in [1.807, 2.05) is 6.07 Å². The van der Waals surface area contributed by atoms with Crippen molar-refractivity contribution in [3.05, 3.63) is 59.4 Å². The van der Waals surface area contributed by atoms with Crippen LogP contribution in [0, 0.1) is 5.92 Å². The summed E-state index contributed by atoms with van der Waals surface area (Å²) in [6.45, 7) is 2.20. The molecule has 2 aromatic rings. The van der Waals surface area contributed by atoms with E-state index in [1.54, 1.807) is 49.6 Å². The number of hydrogen-bond acceptors (Lipinski definition) is 4. The highest BCUT2D eigenvalue weighted by molar-refractivity contribution is 6.30. The summed E-state index contributed by atoms with van der Waals surface area (Å²) in [4.78, 5) is 30.4. The lowest BCUT2D eigenvalue weighted by Gasteiger charge is -2.25. The SMILES string of the molecule is CC(CN)C(=O)N(CC(=O)Nc1ccc(Cl)cc1)Cc1cccnc1. The summed E-state index contributed by atoms with van der Waals surface area (Å²) in [6.07, 6.45) is 3.33. The van der Waals surface area contributed by atoms with Crippen LogP contribution in [0.1, 0.15) is 12.5 Å². The van der Waals surface area contributed by atoms with Gasteiger partial charge in [-0.15, -0.1) is 0 Å². The minimum Gasteiger partial charge on any atom is -0.330 e. The first-order chi connectivity index (χ1) is 12.0. The zero-order chi connectivity index (χ0) is 18.2. The number of aromatic nitrogens is 1. The molecule has 0 saturated heterocycles. The summed E-state index contributed by atoms with van der Waals surface area (Å²) < 4.78 is 0. The van der Waals surface area contributed by atoms with Gasteiger partial charge in [0.2, 0.25) is 11.8 Å². The van der Waals surface area contributed by atoms with E-state index in [2.05, 4.69) is 10.3 Å². The van der Waals surface area contributed by atoms with Gasteiger partial charge in [-0.05, 0) is 35.9 Å². The normalized spacial score (nSPS) is 11.6. The van der Waals surface area contributed by atoms with E-state index in [-0.39, 0.29) is 30.8 Å². The maximum Gasteiger partial charge on any atom is 0.244 e. The molecule has 0 radical (unpaired) electrons. The Kier molecular flexibility index (Phi) is 6.91. The number of nitrogens with zero attached hydrogens (tertiary/aromatic N) is 2. The molecule has 1 unspecified atom stereocenters. The molecule has 1 heterocycles. The molecule has 0 saturated carbocycles. The number of amides is 2. The minimum atomic E-state index is -0.361. The molecule has 0 spiro atoms. The lowest BCUT2D eigenvalue weighted by Crippen LogP contribution is -2.42. The largest absolute Gasteiger partial charge is 0.330 e. The number of nitrogens with two attached hydrogens (primary N) is 1. The van der Waals surface area contributed by atoms with Crippen LogP contribution in [0.25, 0.3) is 0 Å². The van der Waals surface area contributed by atoms with Crippen molar-refractivity contribution in [2.75, 3.05) is 18.4 Å². The van der Waals surface area contributed by atoms with Crippen molar-refractivity contribution in [3.8, 4) is 0 Å². The van der Waals surface area contributed by atoms with E-state index in [0.29, 0.717) is 17.3 Å². The minimum absolute atomic E-state index is 0.0688. The molecule has 0 aliphatic rings. The van der Waals surface area contributed by atoms with Crippen molar-refractivity contribution < 1.29 is 9.59 Å². The Hall–Kier alpha value is -2.44. The van der Waals surface area contributed by atoms with Gasteiger partial charge < -0.3 is 16.0 Å². The molecule has 6 nitrogen and oxygen atoms in total. The topological polar surface area (TPSA) is 88.3 Å². The molecule has 132 valence electrons. The van der Waals surface area contributed by atoms with Gasteiger partial charge in [-0.3, -0.25) is 14.6 Å². The number of carbonyl (C=O) groups is 2. The molecule has 7 heteroatoms. The molecule has 25 heavy (non-hydrogen) atoms. The van der Waals surface area contributed by atoms with Gasteiger partial charge in [-0.1, -0.05) is 24.6 Å². The fourth-order valence-corrected chi connectivity index (χ4v) is 2.37. The van der Waals surface area contributed by atoms with E-state index in [4.69, 9.17) is 17.3 Å². The number of halogens is 1. The maximum atomic E-state index is 12.5. The zero-order valence-electron chi connectivity index (χ0n) is 14.0. The van der Waals surface area contributed by atoms with Crippen molar-refractivity contribution in [1.82, 2.24) is 9.88 Å². The molecule has 0 aliphatic heterocycles. The average Bonchev–Trinajstić information content (AvgIpc) is 2.62. The molecule has 1 aromatic carbocycles. The first kappa shape index (κ1) is 18.9. The molecule has 1 aromatic heterocycles. The summed E-state index contributed by atoms with van der Waals surface area (Å²) in [6, 6.07) is 10.4. The zero-order valence-corrected chi connectivity index (χ0v) is 14.7. The van der Waals surface area contributed by atoms with Crippen LogP contribution in [0.3, 0.4) is 0 Å². The Morgan fingerprint density at radius 3 is 2.60 bits per heavy atom. The number of rotatable bonds is 7. The standard InChI is InChI=1S/C18H21ClN4O2/c1-13(9-20)18(25)23(11-14-3-2-8-21-10-14)12-17(24)22-16-6-4-15(19)5-7-16/h2-8,10,13H,9,11-12,20H2,1H3,(H,22,24). The maximum absolute atomic E-state index is 12.5. The third-order valence-electron chi connectivity index (χ3n) is 3.65. The van der Waals surface area contributed by atoms with Gasteiger partial charge in [-0.2, -0.15) is 0 Å². The van der Waals surface area contributed by atoms with Crippen LogP contribution in [-0.2, 0) is 16.1 Å². The number of anilines is 1. The number of benzene rings is 1. The highest BCUT2D eigenvalue weighted by Crippen LogP contribution is 2.14. The number of pyridine rings is 1. The summed E-state index contributed by atoms with van der Waals surface area (Å²) >= 11 is 5.83. The third-order valence-corrected chi connectivity index (χ3v) is 3.90. The quantitative estimate of drug-likeness (QED) is 0.793. The van der Waals surface area contributed by atoms with E-state index in [1.165, 1.54) is 4.90 Å². The number of carbonyl (C=O) groups excluding carboxylic acids is 2. The van der Waals surface area contributed by atoms with E-state index in [0.717, 1.165) is 5.56 Å². The van der Waals surface area contributed by atoms with E-state index in [9.17, 15) is 9.59 Å². The Morgan fingerprint density at radius 2 is 2.00 bits per heavy atom. The van der Waals surface area contributed by atoms with Crippen LogP contribution in [0.5, 0.6) is 0 Å². The van der Waals surface area contributed by atoms with Gasteiger partial charge in [0.25, 0.3) is 0 Å². The molecule has 0 aliphatic carbocycles. The van der Waals surface area contributed by atoms with Crippen molar-refractivity contribution in [1.29, 1.82) is 0 Å². The highest BCUT2D eigenvalue weighted by Gasteiger charge is 2.22. The second-order valence-electron chi connectivity index (χ2n) is 5.75. The Labute approximate surface area is 152 Å². The van der Waals surface area contributed by atoms with Gasteiger partial charge in [0.1, 0.15) is 6.54 Å². The van der Waals surface area contributed by atoms with Crippen molar-refractivity contribution >= 4 is 29.1 Å². The van der Waals surface area contributed by atoms with Crippen LogP contribution in [0.15, 0.2) is 48.8 Å². The van der Waals surface area contributed by atoms with Crippen molar-refractivity contribution in [2.24, 2.45) is 11.7 Å². The Morgan fingerprint density at radius 1 is 1.28 bits per heavy atom. The predicted molar refractivity (Wildman–Crippen MR) is 98.0 cm³/mol.